The van der Waals surface area contributed by atoms with Gasteiger partial charge in [0.1, 0.15) is 23.9 Å². The maximum Gasteiger partial charge on any atom is 0.238 e. The Labute approximate surface area is 168 Å². The van der Waals surface area contributed by atoms with Crippen molar-refractivity contribution in [1.82, 2.24) is 20.2 Å². The van der Waals surface area contributed by atoms with Crippen LogP contribution in [-0.4, -0.2) is 39.0 Å². The van der Waals surface area contributed by atoms with Gasteiger partial charge in [0.15, 0.2) is 0 Å². The van der Waals surface area contributed by atoms with Gasteiger partial charge in [-0.15, -0.1) is 0 Å². The highest BCUT2D eigenvalue weighted by Crippen LogP contribution is 2.24. The minimum Gasteiger partial charge on any atom is -0.497 e. The van der Waals surface area contributed by atoms with Crippen LogP contribution in [0.15, 0.2) is 47.1 Å². The third-order valence-electron chi connectivity index (χ3n) is 5.16. The quantitative estimate of drug-likeness (QED) is 0.562. The number of aromatic amines is 1. The van der Waals surface area contributed by atoms with Crippen molar-refractivity contribution in [3.63, 3.8) is 0 Å². The fraction of sp³-hybridized carbons (Fsp3) is 0.333. The van der Waals surface area contributed by atoms with Gasteiger partial charge >= 0.3 is 0 Å². The minimum absolute atomic E-state index is 0.0524. The molecule has 0 bridgehead atoms. The van der Waals surface area contributed by atoms with Crippen LogP contribution in [-0.2, 0) is 37.5 Å². The van der Waals surface area contributed by atoms with E-state index in [-0.39, 0.29) is 18.6 Å². The number of carbonyl (C=O) groups excluding carboxylic acids is 1. The number of ether oxygens (including phenoxy) is 1. The molecule has 29 heavy (non-hydrogen) atoms. The number of aliphatic hydroxyl groups is 1. The van der Waals surface area contributed by atoms with E-state index in [2.05, 4.69) is 20.2 Å². The number of hydrogen-bond donors (Lipinski definition) is 3. The summed E-state index contributed by atoms with van der Waals surface area (Å²) in [5.41, 5.74) is 2.93. The Balaban J connectivity index is 1.46. The highest BCUT2D eigenvalue weighted by molar-refractivity contribution is 5.82. The summed E-state index contributed by atoms with van der Waals surface area (Å²) in [6.07, 6.45) is 2.19. The van der Waals surface area contributed by atoms with Crippen LogP contribution in [0.3, 0.4) is 0 Å². The lowest BCUT2D eigenvalue weighted by molar-refractivity contribution is -0.127. The van der Waals surface area contributed by atoms with Gasteiger partial charge in [-0.25, -0.2) is 4.98 Å². The average Bonchev–Trinajstić information content (AvgIpc) is 3.40. The number of methoxy groups -OCH3 is 1. The number of aromatic nitrogens is 2. The Morgan fingerprint density at radius 2 is 2.10 bits per heavy atom. The second kappa shape index (κ2) is 8.50. The summed E-state index contributed by atoms with van der Waals surface area (Å²) in [7, 11) is 1.63. The molecule has 152 valence electrons. The summed E-state index contributed by atoms with van der Waals surface area (Å²) in [5.74, 6) is 1.96. The van der Waals surface area contributed by atoms with Crippen molar-refractivity contribution >= 4 is 5.91 Å². The molecule has 1 aliphatic rings. The van der Waals surface area contributed by atoms with E-state index in [1.807, 2.05) is 30.3 Å². The van der Waals surface area contributed by atoms with E-state index < -0.39 is 0 Å². The van der Waals surface area contributed by atoms with Crippen LogP contribution in [0.4, 0.5) is 0 Å². The first-order valence-electron chi connectivity index (χ1n) is 9.50. The summed E-state index contributed by atoms with van der Waals surface area (Å²) < 4.78 is 10.8. The van der Waals surface area contributed by atoms with E-state index in [0.717, 1.165) is 22.7 Å². The molecule has 8 heteroatoms. The maximum absolute atomic E-state index is 13.0. The number of rotatable bonds is 7. The van der Waals surface area contributed by atoms with Gasteiger partial charge in [-0.2, -0.15) is 0 Å². The van der Waals surface area contributed by atoms with Gasteiger partial charge in [0.25, 0.3) is 0 Å². The molecule has 1 amide bonds. The van der Waals surface area contributed by atoms with E-state index in [0.29, 0.717) is 37.6 Å². The van der Waals surface area contributed by atoms with E-state index in [1.165, 1.54) is 0 Å². The molecule has 2 aromatic heterocycles. The molecular weight excluding hydrogens is 372 g/mol. The summed E-state index contributed by atoms with van der Waals surface area (Å²) in [5, 5.41) is 12.2. The normalized spacial score (nSPS) is 16.4. The molecule has 0 radical (unpaired) electrons. The Bertz CT molecular complexity index is 963. The topological polar surface area (TPSA) is 104 Å². The molecule has 8 nitrogen and oxygen atoms in total. The number of carbonyl (C=O) groups is 1. The number of aliphatic hydroxyl groups excluding tert-OH is 1. The van der Waals surface area contributed by atoms with Crippen LogP contribution in [0.25, 0.3) is 0 Å². The molecule has 0 spiro atoms. The molecular formula is C21H24N4O4. The summed E-state index contributed by atoms with van der Waals surface area (Å²) in [6, 6.07) is 10.8. The van der Waals surface area contributed by atoms with Gasteiger partial charge in [-0.3, -0.25) is 9.69 Å². The number of furan rings is 1. The van der Waals surface area contributed by atoms with Crippen LogP contribution < -0.4 is 10.1 Å². The van der Waals surface area contributed by atoms with Crippen molar-refractivity contribution in [2.45, 2.75) is 38.7 Å². The predicted octanol–water partition coefficient (Wildman–Crippen LogP) is 1.75. The summed E-state index contributed by atoms with van der Waals surface area (Å²) in [4.78, 5) is 22.6. The maximum atomic E-state index is 13.0. The molecule has 0 saturated heterocycles. The number of nitrogens with zero attached hydrogens (tertiary/aromatic N) is 2. The highest BCUT2D eigenvalue weighted by atomic mass is 16.5. The summed E-state index contributed by atoms with van der Waals surface area (Å²) in [6.45, 7) is 1.34. The Hall–Kier alpha value is -3.10. The van der Waals surface area contributed by atoms with Gasteiger partial charge in [0.05, 0.1) is 37.4 Å². The average molecular weight is 396 g/mol. The number of fused-ring (bicyclic) bond motifs is 1. The fourth-order valence-electron chi connectivity index (χ4n) is 3.56. The second-order valence-electron chi connectivity index (χ2n) is 7.04. The van der Waals surface area contributed by atoms with E-state index in [1.54, 1.807) is 19.5 Å². The molecule has 0 fully saturated rings. The molecule has 1 atom stereocenters. The number of H-pyrrole nitrogens is 1. The number of nitrogens with one attached hydrogen (secondary N) is 2. The molecule has 4 rings (SSSR count). The Morgan fingerprint density at radius 3 is 2.83 bits per heavy atom. The zero-order chi connectivity index (χ0) is 20.2. The molecule has 0 aliphatic carbocycles. The van der Waals surface area contributed by atoms with Crippen LogP contribution >= 0.6 is 0 Å². The van der Waals surface area contributed by atoms with Gasteiger partial charge in [-0.1, -0.05) is 12.1 Å². The molecule has 1 aliphatic heterocycles. The number of benzene rings is 1. The lowest BCUT2D eigenvalue weighted by Crippen LogP contribution is -2.49. The lowest BCUT2D eigenvalue weighted by Gasteiger charge is -2.33. The standard InChI is InChI=1S/C21H24N4O4/c1-28-15-4-2-14(3-5-15)9-22-21(27)20-8-18-19(24-13-23-18)11-25(20)10-16-6-7-17(12-26)29-16/h2-7,13,20,26H,8-12H2,1H3,(H,22,27)(H,23,24). The van der Waals surface area contributed by atoms with Crippen LogP contribution in [0.5, 0.6) is 5.75 Å². The van der Waals surface area contributed by atoms with Crippen molar-refractivity contribution in [1.29, 1.82) is 0 Å². The zero-order valence-electron chi connectivity index (χ0n) is 16.2. The molecule has 1 aromatic carbocycles. The first-order valence-corrected chi connectivity index (χ1v) is 9.50. The monoisotopic (exact) mass is 396 g/mol. The van der Waals surface area contributed by atoms with Crippen LogP contribution in [0.2, 0.25) is 0 Å². The third kappa shape index (κ3) is 4.33. The molecule has 3 aromatic rings. The lowest BCUT2D eigenvalue weighted by atomic mass is 10.0. The first kappa shape index (κ1) is 19.2. The molecule has 3 N–H and O–H groups in total. The van der Waals surface area contributed by atoms with Crippen molar-refractivity contribution in [2.24, 2.45) is 0 Å². The molecule has 3 heterocycles. The number of amides is 1. The zero-order valence-corrected chi connectivity index (χ0v) is 16.2. The Morgan fingerprint density at radius 1 is 1.31 bits per heavy atom. The van der Waals surface area contributed by atoms with Gasteiger partial charge in [-0.05, 0) is 29.8 Å². The van der Waals surface area contributed by atoms with Gasteiger partial charge in [0.2, 0.25) is 5.91 Å². The number of hydrogen-bond acceptors (Lipinski definition) is 6. The van der Waals surface area contributed by atoms with Crippen LogP contribution in [0, 0.1) is 0 Å². The third-order valence-corrected chi connectivity index (χ3v) is 5.16. The molecule has 0 saturated carbocycles. The van der Waals surface area contributed by atoms with E-state index >= 15 is 0 Å². The Kier molecular flexibility index (Phi) is 5.64. The van der Waals surface area contributed by atoms with E-state index in [9.17, 15) is 9.90 Å². The number of imidazole rings is 1. The highest BCUT2D eigenvalue weighted by Gasteiger charge is 2.33. The molecule has 1 unspecified atom stereocenters. The van der Waals surface area contributed by atoms with Gasteiger partial charge < -0.3 is 24.6 Å². The van der Waals surface area contributed by atoms with E-state index in [4.69, 9.17) is 9.15 Å². The van der Waals surface area contributed by atoms with Crippen molar-refractivity contribution in [3.8, 4) is 5.75 Å². The minimum atomic E-state index is -0.355. The first-order chi connectivity index (χ1) is 14.2. The largest absolute Gasteiger partial charge is 0.497 e. The van der Waals surface area contributed by atoms with Gasteiger partial charge in [0, 0.05) is 19.5 Å². The van der Waals surface area contributed by atoms with Crippen molar-refractivity contribution < 1.29 is 19.1 Å². The van der Waals surface area contributed by atoms with Crippen molar-refractivity contribution in [2.75, 3.05) is 7.11 Å². The van der Waals surface area contributed by atoms with Crippen molar-refractivity contribution in [3.05, 3.63) is 71.2 Å². The van der Waals surface area contributed by atoms with Crippen LogP contribution in [0.1, 0.15) is 28.5 Å². The smallest absolute Gasteiger partial charge is 0.238 e. The fourth-order valence-corrected chi connectivity index (χ4v) is 3.56. The second-order valence-corrected chi connectivity index (χ2v) is 7.04. The summed E-state index contributed by atoms with van der Waals surface area (Å²) >= 11 is 0. The predicted molar refractivity (Wildman–Crippen MR) is 105 cm³/mol. The SMILES string of the molecule is COc1ccc(CNC(=O)C2Cc3nc[nH]c3CN2Cc2ccc(CO)o2)cc1.